The maximum absolute atomic E-state index is 10.9. The van der Waals surface area contributed by atoms with Crippen LogP contribution in [-0.4, -0.2) is 16.9 Å². The summed E-state index contributed by atoms with van der Waals surface area (Å²) in [4.78, 5) is 15.0. The van der Waals surface area contributed by atoms with Gasteiger partial charge in [0.1, 0.15) is 5.82 Å². The van der Waals surface area contributed by atoms with Crippen molar-refractivity contribution < 1.29 is 4.79 Å². The second kappa shape index (κ2) is 3.95. The van der Waals surface area contributed by atoms with E-state index in [1.54, 1.807) is 6.07 Å². The van der Waals surface area contributed by atoms with Gasteiger partial charge in [-0.2, -0.15) is 0 Å². The molecule has 0 unspecified atom stereocenters. The SMILES string of the molecule is CC(C)Nc1cc(C(N)=O)c(N)cn1. The number of rotatable bonds is 3. The summed E-state index contributed by atoms with van der Waals surface area (Å²) < 4.78 is 0. The molecular weight excluding hydrogens is 180 g/mol. The van der Waals surface area contributed by atoms with Crippen LogP contribution in [-0.2, 0) is 0 Å². The molecule has 0 atom stereocenters. The minimum atomic E-state index is -0.545. The molecule has 0 saturated heterocycles. The molecule has 14 heavy (non-hydrogen) atoms. The number of carbonyl (C=O) groups excluding carboxylic acids is 1. The molecule has 0 aliphatic heterocycles. The van der Waals surface area contributed by atoms with Gasteiger partial charge in [0.25, 0.3) is 5.91 Å². The van der Waals surface area contributed by atoms with Crippen molar-refractivity contribution in [2.75, 3.05) is 11.1 Å². The molecule has 0 radical (unpaired) electrons. The first-order valence-electron chi connectivity index (χ1n) is 4.32. The van der Waals surface area contributed by atoms with Crippen molar-refractivity contribution in [3.63, 3.8) is 0 Å². The van der Waals surface area contributed by atoms with Crippen LogP contribution in [0.1, 0.15) is 24.2 Å². The van der Waals surface area contributed by atoms with Gasteiger partial charge in [0, 0.05) is 6.04 Å². The smallest absolute Gasteiger partial charge is 0.250 e. The van der Waals surface area contributed by atoms with Crippen molar-refractivity contribution >= 4 is 17.4 Å². The number of pyridine rings is 1. The fourth-order valence-corrected chi connectivity index (χ4v) is 1.05. The predicted octanol–water partition coefficient (Wildman–Crippen LogP) is 0.583. The van der Waals surface area contributed by atoms with Gasteiger partial charge in [-0.05, 0) is 19.9 Å². The molecule has 0 fully saturated rings. The van der Waals surface area contributed by atoms with Crippen molar-refractivity contribution in [3.8, 4) is 0 Å². The van der Waals surface area contributed by atoms with Gasteiger partial charge in [-0.3, -0.25) is 4.79 Å². The first-order valence-corrected chi connectivity index (χ1v) is 4.32. The van der Waals surface area contributed by atoms with Crippen molar-refractivity contribution in [1.82, 2.24) is 4.98 Å². The Hall–Kier alpha value is -1.78. The molecule has 76 valence electrons. The number of nitrogens with two attached hydrogens (primary N) is 2. The van der Waals surface area contributed by atoms with Gasteiger partial charge in [0.15, 0.2) is 0 Å². The Balaban J connectivity index is 3.00. The second-order valence-electron chi connectivity index (χ2n) is 3.32. The van der Waals surface area contributed by atoms with E-state index < -0.39 is 5.91 Å². The zero-order chi connectivity index (χ0) is 10.7. The first-order chi connectivity index (χ1) is 6.50. The fraction of sp³-hybridized carbons (Fsp3) is 0.333. The summed E-state index contributed by atoms with van der Waals surface area (Å²) in [5.41, 5.74) is 11.3. The van der Waals surface area contributed by atoms with E-state index in [0.717, 1.165) is 0 Å². The van der Waals surface area contributed by atoms with Crippen LogP contribution < -0.4 is 16.8 Å². The maximum atomic E-state index is 10.9. The Labute approximate surface area is 82.5 Å². The van der Waals surface area contributed by atoms with Crippen molar-refractivity contribution in [2.45, 2.75) is 19.9 Å². The van der Waals surface area contributed by atoms with Crippen LogP contribution in [0.25, 0.3) is 0 Å². The van der Waals surface area contributed by atoms with Crippen LogP contribution >= 0.6 is 0 Å². The lowest BCUT2D eigenvalue weighted by atomic mass is 10.2. The molecule has 0 aromatic carbocycles. The van der Waals surface area contributed by atoms with Crippen LogP contribution in [0.15, 0.2) is 12.3 Å². The molecule has 5 heteroatoms. The van der Waals surface area contributed by atoms with Gasteiger partial charge >= 0.3 is 0 Å². The highest BCUT2D eigenvalue weighted by atomic mass is 16.1. The van der Waals surface area contributed by atoms with Crippen molar-refractivity contribution in [3.05, 3.63) is 17.8 Å². The third kappa shape index (κ3) is 2.35. The number of nitrogens with zero attached hydrogens (tertiary/aromatic N) is 1. The molecule has 0 bridgehead atoms. The lowest BCUT2D eigenvalue weighted by Gasteiger charge is -2.10. The molecule has 1 rings (SSSR count). The molecule has 5 nitrogen and oxygen atoms in total. The molecule has 5 N–H and O–H groups in total. The molecule has 1 heterocycles. The topological polar surface area (TPSA) is 94.0 Å². The third-order valence-corrected chi connectivity index (χ3v) is 1.64. The van der Waals surface area contributed by atoms with Gasteiger partial charge < -0.3 is 16.8 Å². The third-order valence-electron chi connectivity index (χ3n) is 1.64. The highest BCUT2D eigenvalue weighted by molar-refractivity contribution is 5.98. The number of primary amides is 1. The van der Waals surface area contributed by atoms with Gasteiger partial charge in [0.2, 0.25) is 0 Å². The Bertz CT molecular complexity index is 349. The normalized spacial score (nSPS) is 10.2. The number of carbonyl (C=O) groups is 1. The van der Waals surface area contributed by atoms with Crippen LogP contribution in [0.4, 0.5) is 11.5 Å². The average molecular weight is 194 g/mol. The van der Waals surface area contributed by atoms with Gasteiger partial charge in [-0.25, -0.2) is 4.98 Å². The van der Waals surface area contributed by atoms with Crippen molar-refractivity contribution in [2.24, 2.45) is 5.73 Å². The zero-order valence-corrected chi connectivity index (χ0v) is 8.24. The number of anilines is 2. The van der Waals surface area contributed by atoms with E-state index in [0.29, 0.717) is 17.1 Å². The summed E-state index contributed by atoms with van der Waals surface area (Å²) in [7, 11) is 0. The number of nitrogens with one attached hydrogen (secondary N) is 1. The second-order valence-corrected chi connectivity index (χ2v) is 3.32. The Morgan fingerprint density at radius 3 is 2.71 bits per heavy atom. The van der Waals surface area contributed by atoms with E-state index >= 15 is 0 Å². The Kier molecular flexibility index (Phi) is 2.91. The summed E-state index contributed by atoms with van der Waals surface area (Å²) in [6.45, 7) is 3.95. The molecule has 1 aromatic heterocycles. The molecule has 1 aromatic rings. The number of aromatic nitrogens is 1. The Morgan fingerprint density at radius 1 is 1.57 bits per heavy atom. The molecule has 1 amide bonds. The summed E-state index contributed by atoms with van der Waals surface area (Å²) in [5.74, 6) is 0.0553. The highest BCUT2D eigenvalue weighted by Gasteiger charge is 2.07. The van der Waals surface area contributed by atoms with E-state index in [4.69, 9.17) is 11.5 Å². The summed E-state index contributed by atoms with van der Waals surface area (Å²) in [6, 6.07) is 1.80. The summed E-state index contributed by atoms with van der Waals surface area (Å²) in [6.07, 6.45) is 1.42. The zero-order valence-electron chi connectivity index (χ0n) is 8.24. The Morgan fingerprint density at radius 2 is 2.21 bits per heavy atom. The van der Waals surface area contributed by atoms with Crippen LogP contribution in [0.5, 0.6) is 0 Å². The number of hydrogen-bond acceptors (Lipinski definition) is 4. The largest absolute Gasteiger partial charge is 0.397 e. The van der Waals surface area contributed by atoms with Crippen LogP contribution in [0, 0.1) is 0 Å². The maximum Gasteiger partial charge on any atom is 0.250 e. The van der Waals surface area contributed by atoms with Crippen LogP contribution in [0.3, 0.4) is 0 Å². The minimum absolute atomic E-state index is 0.242. The van der Waals surface area contributed by atoms with Gasteiger partial charge in [-0.1, -0.05) is 0 Å². The van der Waals surface area contributed by atoms with Gasteiger partial charge in [0.05, 0.1) is 17.4 Å². The molecule has 0 saturated carbocycles. The number of nitrogen functional groups attached to an aromatic ring is 1. The molecule has 0 aliphatic carbocycles. The number of hydrogen-bond donors (Lipinski definition) is 3. The first kappa shape index (κ1) is 10.3. The summed E-state index contributed by atoms with van der Waals surface area (Å²) in [5, 5.41) is 3.05. The average Bonchev–Trinajstić information content (AvgIpc) is 2.07. The molecule has 0 spiro atoms. The fourth-order valence-electron chi connectivity index (χ4n) is 1.05. The standard InChI is InChI=1S/C9H14N4O/c1-5(2)13-8-3-6(9(11)14)7(10)4-12-8/h3-5H,10H2,1-2H3,(H2,11,14)(H,12,13). The van der Waals surface area contributed by atoms with E-state index in [1.165, 1.54) is 6.20 Å². The van der Waals surface area contributed by atoms with Gasteiger partial charge in [-0.15, -0.1) is 0 Å². The van der Waals surface area contributed by atoms with Crippen molar-refractivity contribution in [1.29, 1.82) is 0 Å². The lowest BCUT2D eigenvalue weighted by Crippen LogP contribution is -2.16. The monoisotopic (exact) mass is 194 g/mol. The molecular formula is C9H14N4O. The lowest BCUT2D eigenvalue weighted by molar-refractivity contribution is 0.100. The van der Waals surface area contributed by atoms with E-state index in [-0.39, 0.29) is 6.04 Å². The van der Waals surface area contributed by atoms with Crippen LogP contribution in [0.2, 0.25) is 0 Å². The highest BCUT2D eigenvalue weighted by Crippen LogP contribution is 2.14. The predicted molar refractivity (Wildman–Crippen MR) is 55.9 cm³/mol. The summed E-state index contributed by atoms with van der Waals surface area (Å²) >= 11 is 0. The van der Waals surface area contributed by atoms with E-state index in [9.17, 15) is 4.79 Å². The quantitative estimate of drug-likeness (QED) is 0.656. The number of amides is 1. The van der Waals surface area contributed by atoms with E-state index in [1.807, 2.05) is 13.8 Å². The molecule has 0 aliphatic rings. The van der Waals surface area contributed by atoms with E-state index in [2.05, 4.69) is 10.3 Å². The minimum Gasteiger partial charge on any atom is -0.397 e.